The molecule has 0 spiro atoms. The summed E-state index contributed by atoms with van der Waals surface area (Å²) in [5.41, 5.74) is 1.05. The largest absolute Gasteiger partial charge is 0.482 e. The molecule has 1 aliphatic heterocycles. The van der Waals surface area contributed by atoms with Gasteiger partial charge in [0.2, 0.25) is 0 Å². The minimum absolute atomic E-state index is 0. The fraction of sp³-hybridized carbons (Fsp3) is 0.368. The molecule has 0 saturated heterocycles. The minimum Gasteiger partial charge on any atom is -0.482 e. The van der Waals surface area contributed by atoms with E-state index in [1.165, 1.54) is 0 Å². The van der Waals surface area contributed by atoms with E-state index in [0.29, 0.717) is 21.5 Å². The molecule has 0 saturated carbocycles. The lowest BCUT2D eigenvalue weighted by atomic mass is 10.0. The Hall–Kier alpha value is -1.13. The lowest BCUT2D eigenvalue weighted by Gasteiger charge is -2.23. The maximum absolute atomic E-state index is 6.26. The number of rotatable bonds is 5. The molecule has 2 aromatic rings. The van der Waals surface area contributed by atoms with Gasteiger partial charge in [-0.15, -0.1) is 12.4 Å². The van der Waals surface area contributed by atoms with Crippen LogP contribution in [0.15, 0.2) is 36.4 Å². The van der Waals surface area contributed by atoms with Gasteiger partial charge in [-0.05, 0) is 19.2 Å². The van der Waals surface area contributed by atoms with Gasteiger partial charge in [-0.3, -0.25) is 0 Å². The lowest BCUT2D eigenvalue weighted by Crippen LogP contribution is -2.26. The highest BCUT2D eigenvalue weighted by Crippen LogP contribution is 2.45. The van der Waals surface area contributed by atoms with Crippen molar-refractivity contribution in [2.45, 2.75) is 26.4 Å². The normalized spacial score (nSPS) is 15.3. The van der Waals surface area contributed by atoms with Gasteiger partial charge in [-0.2, -0.15) is 0 Å². The number of nitrogens with zero attached hydrogens (tertiary/aromatic N) is 1. The minimum atomic E-state index is -0.0831. The molecular weight excluding hydrogens is 381 g/mol. The summed E-state index contributed by atoms with van der Waals surface area (Å²) < 4.78 is 12.3. The molecule has 0 N–H and O–H groups in total. The summed E-state index contributed by atoms with van der Waals surface area (Å²) in [6, 6.07) is 11.4. The number of para-hydroxylation sites is 1. The van der Waals surface area contributed by atoms with Crippen molar-refractivity contribution in [2.24, 2.45) is 0 Å². The SMILES string of the molecule is CCN(CC)CCC1Oc2cc(Cl)c(Cl)cc2Oc2ccccc21.Cl. The van der Waals surface area contributed by atoms with Crippen LogP contribution in [0.2, 0.25) is 10.0 Å². The monoisotopic (exact) mass is 401 g/mol. The molecule has 0 radical (unpaired) electrons. The van der Waals surface area contributed by atoms with Crippen molar-refractivity contribution in [3.8, 4) is 17.2 Å². The molecule has 3 rings (SSSR count). The van der Waals surface area contributed by atoms with Gasteiger partial charge in [0.15, 0.2) is 11.5 Å². The van der Waals surface area contributed by atoms with E-state index in [-0.39, 0.29) is 18.5 Å². The van der Waals surface area contributed by atoms with Crippen molar-refractivity contribution in [2.75, 3.05) is 19.6 Å². The summed E-state index contributed by atoms with van der Waals surface area (Å²) in [6.45, 7) is 7.36. The topological polar surface area (TPSA) is 21.7 Å². The number of hydrogen-bond donors (Lipinski definition) is 0. The molecule has 0 fully saturated rings. The van der Waals surface area contributed by atoms with Gasteiger partial charge in [-0.25, -0.2) is 0 Å². The Kier molecular flexibility index (Phi) is 7.26. The lowest BCUT2D eigenvalue weighted by molar-refractivity contribution is 0.170. The molecule has 6 heteroatoms. The summed E-state index contributed by atoms with van der Waals surface area (Å²) in [5, 5.41) is 0.922. The van der Waals surface area contributed by atoms with Gasteiger partial charge in [-0.1, -0.05) is 55.2 Å². The molecule has 0 amide bonds. The third-order valence-corrected chi connectivity index (χ3v) is 5.07. The molecule has 25 heavy (non-hydrogen) atoms. The van der Waals surface area contributed by atoms with Crippen LogP contribution in [-0.4, -0.2) is 24.5 Å². The highest BCUT2D eigenvalue weighted by molar-refractivity contribution is 6.42. The second-order valence-corrected chi connectivity index (χ2v) is 6.59. The number of fused-ring (bicyclic) bond motifs is 2. The standard InChI is InChI=1S/C19H21Cl2NO2.ClH/c1-3-22(4-2)10-9-17-13-7-5-6-8-16(13)23-18-11-14(20)15(21)12-19(18)24-17;/h5-8,11-12,17H,3-4,9-10H2,1-2H3;1H. The molecule has 0 aliphatic carbocycles. The van der Waals surface area contributed by atoms with Crippen molar-refractivity contribution < 1.29 is 9.47 Å². The molecular formula is C19H22Cl3NO2. The van der Waals surface area contributed by atoms with Crippen LogP contribution < -0.4 is 9.47 Å². The number of benzene rings is 2. The Morgan fingerprint density at radius 1 is 0.960 bits per heavy atom. The Balaban J connectivity index is 0.00000225. The van der Waals surface area contributed by atoms with E-state index in [0.717, 1.165) is 37.4 Å². The molecule has 1 atom stereocenters. The van der Waals surface area contributed by atoms with Crippen LogP contribution in [0, 0.1) is 0 Å². The first-order valence-corrected chi connectivity index (χ1v) is 9.02. The fourth-order valence-electron chi connectivity index (χ4n) is 2.91. The Morgan fingerprint density at radius 2 is 1.60 bits per heavy atom. The quantitative estimate of drug-likeness (QED) is 0.579. The van der Waals surface area contributed by atoms with Crippen LogP contribution in [0.1, 0.15) is 31.9 Å². The molecule has 0 bridgehead atoms. The predicted octanol–water partition coefficient (Wildman–Crippen LogP) is 6.37. The first-order valence-electron chi connectivity index (χ1n) is 8.27. The van der Waals surface area contributed by atoms with Crippen LogP contribution in [0.4, 0.5) is 0 Å². The van der Waals surface area contributed by atoms with E-state index in [1.807, 2.05) is 18.2 Å². The summed E-state index contributed by atoms with van der Waals surface area (Å²) in [4.78, 5) is 2.38. The van der Waals surface area contributed by atoms with Crippen LogP contribution in [0.3, 0.4) is 0 Å². The van der Waals surface area contributed by atoms with E-state index in [2.05, 4.69) is 24.8 Å². The van der Waals surface area contributed by atoms with E-state index in [9.17, 15) is 0 Å². The van der Waals surface area contributed by atoms with Crippen LogP contribution in [0.25, 0.3) is 0 Å². The van der Waals surface area contributed by atoms with E-state index < -0.39 is 0 Å². The van der Waals surface area contributed by atoms with Crippen LogP contribution >= 0.6 is 35.6 Å². The second kappa shape index (κ2) is 9.00. The van der Waals surface area contributed by atoms with Gasteiger partial charge >= 0.3 is 0 Å². The molecule has 1 aliphatic rings. The van der Waals surface area contributed by atoms with Gasteiger partial charge in [0.05, 0.1) is 10.0 Å². The van der Waals surface area contributed by atoms with Crippen molar-refractivity contribution in [1.29, 1.82) is 0 Å². The Bertz CT molecular complexity index is 720. The van der Waals surface area contributed by atoms with Gasteiger partial charge in [0.1, 0.15) is 11.9 Å². The van der Waals surface area contributed by atoms with Gasteiger partial charge in [0.25, 0.3) is 0 Å². The molecule has 1 heterocycles. The Morgan fingerprint density at radius 3 is 2.28 bits per heavy atom. The number of halogens is 3. The van der Waals surface area contributed by atoms with Crippen LogP contribution in [0.5, 0.6) is 17.2 Å². The molecule has 1 unspecified atom stereocenters. The number of hydrogen-bond acceptors (Lipinski definition) is 3. The molecule has 2 aromatic carbocycles. The smallest absolute Gasteiger partial charge is 0.170 e. The fourth-order valence-corrected chi connectivity index (χ4v) is 3.22. The highest BCUT2D eigenvalue weighted by atomic mass is 35.5. The van der Waals surface area contributed by atoms with Crippen molar-refractivity contribution in [3.05, 3.63) is 52.0 Å². The first kappa shape index (κ1) is 20.2. The van der Waals surface area contributed by atoms with Crippen molar-refractivity contribution in [1.82, 2.24) is 4.90 Å². The summed E-state index contributed by atoms with van der Waals surface area (Å²) >= 11 is 12.3. The first-order chi connectivity index (χ1) is 11.6. The van der Waals surface area contributed by atoms with Crippen molar-refractivity contribution in [3.63, 3.8) is 0 Å². The summed E-state index contributed by atoms with van der Waals surface area (Å²) in [6.07, 6.45) is 0.794. The second-order valence-electron chi connectivity index (χ2n) is 5.77. The zero-order chi connectivity index (χ0) is 17.1. The van der Waals surface area contributed by atoms with E-state index in [4.69, 9.17) is 32.7 Å². The van der Waals surface area contributed by atoms with E-state index in [1.54, 1.807) is 12.1 Å². The van der Waals surface area contributed by atoms with Crippen LogP contribution in [-0.2, 0) is 0 Å². The maximum Gasteiger partial charge on any atom is 0.170 e. The predicted molar refractivity (Wildman–Crippen MR) is 106 cm³/mol. The molecule has 3 nitrogen and oxygen atoms in total. The van der Waals surface area contributed by atoms with Gasteiger partial charge < -0.3 is 14.4 Å². The third-order valence-electron chi connectivity index (χ3n) is 4.34. The zero-order valence-corrected chi connectivity index (χ0v) is 16.6. The average Bonchev–Trinajstić information content (AvgIpc) is 2.73. The average molecular weight is 403 g/mol. The van der Waals surface area contributed by atoms with Crippen molar-refractivity contribution >= 4 is 35.6 Å². The van der Waals surface area contributed by atoms with Gasteiger partial charge in [0, 0.05) is 30.7 Å². The third kappa shape index (κ3) is 4.53. The highest BCUT2D eigenvalue weighted by Gasteiger charge is 2.25. The summed E-state index contributed by atoms with van der Waals surface area (Å²) in [7, 11) is 0. The number of ether oxygens (including phenoxy) is 2. The molecule has 0 aromatic heterocycles. The van der Waals surface area contributed by atoms with E-state index >= 15 is 0 Å². The zero-order valence-electron chi connectivity index (χ0n) is 14.3. The maximum atomic E-state index is 6.26. The Labute approximate surface area is 165 Å². The summed E-state index contributed by atoms with van der Waals surface area (Å²) in [5.74, 6) is 2.03. The molecule has 136 valence electrons.